The van der Waals surface area contributed by atoms with E-state index in [1.165, 1.54) is 0 Å². The van der Waals surface area contributed by atoms with Gasteiger partial charge in [0.25, 0.3) is 0 Å². The molecule has 0 fully saturated rings. The largest absolute Gasteiger partial charge is 0.473 e. The molecule has 5 nitrogen and oxygen atoms in total. The predicted molar refractivity (Wildman–Crippen MR) is 49.1 cm³/mol. The zero-order valence-corrected chi connectivity index (χ0v) is 7.35. The number of hydrogen-bond acceptors (Lipinski definition) is 4. The summed E-state index contributed by atoms with van der Waals surface area (Å²) < 4.78 is 16.9. The maximum Gasteiger partial charge on any atom is 0.244 e. The van der Waals surface area contributed by atoms with Crippen molar-refractivity contribution in [3.05, 3.63) is 18.3 Å². The molecule has 2 aromatic rings. The van der Waals surface area contributed by atoms with Crippen LogP contribution in [0.25, 0.3) is 11.0 Å². The molecule has 2 aromatic heterocycles. The van der Waals surface area contributed by atoms with E-state index in [-0.39, 0.29) is 6.61 Å². The quantitative estimate of drug-likeness (QED) is 0.725. The van der Waals surface area contributed by atoms with E-state index in [1.54, 1.807) is 18.3 Å². The summed E-state index contributed by atoms with van der Waals surface area (Å²) >= 11 is 0. The number of pyridine rings is 1. The average molecular weight is 196 g/mol. The van der Waals surface area contributed by atoms with Crippen LogP contribution in [0.1, 0.15) is 0 Å². The number of halogens is 1. The van der Waals surface area contributed by atoms with E-state index >= 15 is 0 Å². The number of nitrogens with zero attached hydrogens (tertiary/aromatic N) is 3. The Hall–Kier alpha value is -1.85. The van der Waals surface area contributed by atoms with Gasteiger partial charge in [-0.25, -0.2) is 9.37 Å². The van der Waals surface area contributed by atoms with Crippen molar-refractivity contribution in [2.45, 2.75) is 0 Å². The first-order chi connectivity index (χ1) is 6.83. The van der Waals surface area contributed by atoms with Gasteiger partial charge in [0.05, 0.1) is 5.39 Å². The van der Waals surface area contributed by atoms with Crippen molar-refractivity contribution >= 4 is 11.0 Å². The van der Waals surface area contributed by atoms with Crippen molar-refractivity contribution in [3.8, 4) is 5.88 Å². The molecule has 0 radical (unpaired) electrons. The van der Waals surface area contributed by atoms with Crippen molar-refractivity contribution in [2.75, 3.05) is 19.1 Å². The molecule has 6 heteroatoms. The van der Waals surface area contributed by atoms with E-state index in [4.69, 9.17) is 10.6 Å². The van der Waals surface area contributed by atoms with Crippen molar-refractivity contribution < 1.29 is 9.13 Å². The summed E-state index contributed by atoms with van der Waals surface area (Å²) in [5.41, 5.74) is 0.515. The van der Waals surface area contributed by atoms with Crippen LogP contribution in [0.15, 0.2) is 18.3 Å². The van der Waals surface area contributed by atoms with Crippen molar-refractivity contribution in [1.29, 1.82) is 0 Å². The Bertz CT molecular complexity index is 442. The molecule has 0 saturated heterocycles. The van der Waals surface area contributed by atoms with Gasteiger partial charge in [0.15, 0.2) is 5.65 Å². The fourth-order valence-corrected chi connectivity index (χ4v) is 1.19. The normalized spacial score (nSPS) is 10.6. The van der Waals surface area contributed by atoms with Gasteiger partial charge in [-0.05, 0) is 12.1 Å². The third kappa shape index (κ3) is 1.34. The molecule has 0 aliphatic rings. The van der Waals surface area contributed by atoms with Crippen molar-refractivity contribution in [1.82, 2.24) is 14.9 Å². The fraction of sp³-hybridized carbons (Fsp3) is 0.250. The highest BCUT2D eigenvalue weighted by Gasteiger charge is 2.09. The zero-order valence-electron chi connectivity index (χ0n) is 7.35. The molecule has 0 aliphatic heterocycles. The van der Waals surface area contributed by atoms with Crippen molar-refractivity contribution in [3.63, 3.8) is 0 Å². The number of nitrogens with two attached hydrogens (primary N) is 1. The van der Waals surface area contributed by atoms with Gasteiger partial charge in [0.2, 0.25) is 5.88 Å². The minimum absolute atomic E-state index is 0.0268. The third-order valence-electron chi connectivity index (χ3n) is 1.75. The summed E-state index contributed by atoms with van der Waals surface area (Å²) in [5.74, 6) is 5.83. The molecule has 0 spiro atoms. The van der Waals surface area contributed by atoms with Gasteiger partial charge in [-0.1, -0.05) is 0 Å². The molecular weight excluding hydrogens is 187 g/mol. The lowest BCUT2D eigenvalue weighted by Crippen LogP contribution is -2.10. The highest BCUT2D eigenvalue weighted by Crippen LogP contribution is 2.20. The molecule has 0 aromatic carbocycles. The molecular formula is C8H9FN4O. The molecule has 2 rings (SSSR count). The number of rotatable bonds is 3. The molecule has 0 bridgehead atoms. The Kier molecular flexibility index (Phi) is 2.18. The Balaban J connectivity index is 2.44. The number of hydrogen-bond donors (Lipinski definition) is 1. The topological polar surface area (TPSA) is 66.0 Å². The van der Waals surface area contributed by atoms with E-state index in [1.807, 2.05) is 0 Å². The predicted octanol–water partition coefficient (Wildman–Crippen LogP) is 0.493. The monoisotopic (exact) mass is 196 g/mol. The molecule has 2 heterocycles. The van der Waals surface area contributed by atoms with Gasteiger partial charge in [-0.2, -0.15) is 4.79 Å². The number of aromatic nitrogens is 3. The maximum absolute atomic E-state index is 11.9. The molecule has 2 N–H and O–H groups in total. The van der Waals surface area contributed by atoms with Crippen LogP contribution < -0.4 is 10.6 Å². The van der Waals surface area contributed by atoms with Gasteiger partial charge in [0, 0.05) is 6.20 Å². The molecule has 0 aliphatic carbocycles. The summed E-state index contributed by atoms with van der Waals surface area (Å²) in [7, 11) is 0. The first kappa shape index (κ1) is 8.74. The van der Waals surface area contributed by atoms with Crippen LogP contribution >= 0.6 is 0 Å². The first-order valence-electron chi connectivity index (χ1n) is 4.10. The molecule has 0 amide bonds. The van der Waals surface area contributed by atoms with Gasteiger partial charge in [-0.3, -0.25) is 0 Å². The van der Waals surface area contributed by atoms with Gasteiger partial charge >= 0.3 is 0 Å². The second-order valence-corrected chi connectivity index (χ2v) is 2.66. The van der Waals surface area contributed by atoms with Crippen LogP contribution in [-0.4, -0.2) is 28.2 Å². The highest BCUT2D eigenvalue weighted by atomic mass is 19.1. The van der Waals surface area contributed by atoms with Crippen LogP contribution in [0.2, 0.25) is 0 Å². The first-order valence-corrected chi connectivity index (χ1v) is 4.10. The SMILES string of the molecule is Nn1nc(OCCF)c2cccnc21. The zero-order chi connectivity index (χ0) is 9.97. The van der Waals surface area contributed by atoms with Gasteiger partial charge in [0.1, 0.15) is 13.3 Å². The highest BCUT2D eigenvalue weighted by molar-refractivity contribution is 5.80. The Morgan fingerprint density at radius 1 is 1.57 bits per heavy atom. The minimum atomic E-state index is -0.556. The Labute approximate surface area is 79.3 Å². The minimum Gasteiger partial charge on any atom is -0.473 e. The number of ether oxygens (including phenoxy) is 1. The lowest BCUT2D eigenvalue weighted by molar-refractivity contribution is 0.265. The summed E-state index contributed by atoms with van der Waals surface area (Å²) in [5, 5.41) is 4.55. The molecule has 0 atom stereocenters. The number of alkyl halides is 1. The van der Waals surface area contributed by atoms with Crippen LogP contribution in [0.4, 0.5) is 4.39 Å². The third-order valence-corrected chi connectivity index (χ3v) is 1.75. The molecule has 14 heavy (non-hydrogen) atoms. The maximum atomic E-state index is 11.9. The molecule has 0 unspecified atom stereocenters. The Morgan fingerprint density at radius 2 is 2.43 bits per heavy atom. The smallest absolute Gasteiger partial charge is 0.244 e. The van der Waals surface area contributed by atoms with E-state index < -0.39 is 6.67 Å². The van der Waals surface area contributed by atoms with Gasteiger partial charge < -0.3 is 10.6 Å². The fourth-order valence-electron chi connectivity index (χ4n) is 1.19. The number of nitrogen functional groups attached to an aromatic ring is 1. The second-order valence-electron chi connectivity index (χ2n) is 2.66. The summed E-state index contributed by atoms with van der Waals surface area (Å²) in [6.45, 7) is -0.583. The van der Waals surface area contributed by atoms with E-state index in [0.717, 1.165) is 4.79 Å². The molecule has 74 valence electrons. The summed E-state index contributed by atoms with van der Waals surface area (Å²) in [6.07, 6.45) is 1.60. The summed E-state index contributed by atoms with van der Waals surface area (Å²) in [4.78, 5) is 5.13. The van der Waals surface area contributed by atoms with Crippen LogP contribution in [0.5, 0.6) is 5.88 Å². The number of fused-ring (bicyclic) bond motifs is 1. The molecule has 0 saturated carbocycles. The van der Waals surface area contributed by atoms with Crippen LogP contribution in [0, 0.1) is 0 Å². The summed E-state index contributed by atoms with van der Waals surface area (Å²) in [6, 6.07) is 3.51. The second kappa shape index (κ2) is 3.49. The van der Waals surface area contributed by atoms with Gasteiger partial charge in [-0.15, -0.1) is 5.10 Å². The lowest BCUT2D eigenvalue weighted by atomic mass is 10.3. The lowest BCUT2D eigenvalue weighted by Gasteiger charge is -1.97. The van der Waals surface area contributed by atoms with E-state index in [2.05, 4.69) is 10.1 Å². The van der Waals surface area contributed by atoms with E-state index in [0.29, 0.717) is 16.9 Å². The van der Waals surface area contributed by atoms with Crippen molar-refractivity contribution in [2.24, 2.45) is 0 Å². The van der Waals surface area contributed by atoms with Crippen LogP contribution in [0.3, 0.4) is 0 Å². The standard InChI is InChI=1S/C8H9FN4O/c9-3-5-14-8-6-2-1-4-11-7(6)13(10)12-8/h1-2,4H,3,5,10H2. The average Bonchev–Trinajstić information content (AvgIpc) is 2.54. The Morgan fingerprint density at radius 3 is 3.21 bits per heavy atom. The van der Waals surface area contributed by atoms with Crippen LogP contribution in [-0.2, 0) is 0 Å². The van der Waals surface area contributed by atoms with E-state index in [9.17, 15) is 4.39 Å².